The van der Waals surface area contributed by atoms with Crippen LogP contribution in [0, 0.1) is 17.6 Å². The fourth-order valence-electron chi connectivity index (χ4n) is 6.22. The minimum atomic E-state index is -0.771. The largest absolute Gasteiger partial charge is 0.490 e. The SMILES string of the molecule is CC(=O)N(C)[C@@H]1[C@H](N)CN(c2ccncc2Nc2ncc3ccc(-c4c(F)cc(OC5CCOCC5)cc4F)nn23)C[C@@H]1C. The molecule has 0 spiro atoms. The topological polar surface area (TPSA) is 123 Å². The summed E-state index contributed by atoms with van der Waals surface area (Å²) in [7, 11) is 1.79. The van der Waals surface area contributed by atoms with Crippen LogP contribution in [0.3, 0.4) is 0 Å². The molecule has 0 radical (unpaired) electrons. The van der Waals surface area contributed by atoms with E-state index in [0.29, 0.717) is 56.3 Å². The Kier molecular flexibility index (Phi) is 8.32. The summed E-state index contributed by atoms with van der Waals surface area (Å²) in [5, 5.41) is 7.84. The highest BCUT2D eigenvalue weighted by Gasteiger charge is 2.36. The van der Waals surface area contributed by atoms with E-state index in [-0.39, 0.29) is 47.0 Å². The highest BCUT2D eigenvalue weighted by molar-refractivity contribution is 5.75. The maximum atomic E-state index is 15.3. The molecule has 2 aliphatic rings. The van der Waals surface area contributed by atoms with Crippen LogP contribution in [-0.4, -0.2) is 81.9 Å². The van der Waals surface area contributed by atoms with Gasteiger partial charge >= 0.3 is 0 Å². The Morgan fingerprint density at radius 2 is 1.89 bits per heavy atom. The van der Waals surface area contributed by atoms with E-state index in [9.17, 15) is 4.79 Å². The molecule has 2 fully saturated rings. The van der Waals surface area contributed by atoms with Crippen molar-refractivity contribution in [2.24, 2.45) is 11.7 Å². The molecule has 0 saturated carbocycles. The summed E-state index contributed by atoms with van der Waals surface area (Å²) in [5.74, 6) is -0.964. The maximum Gasteiger partial charge on any atom is 0.229 e. The van der Waals surface area contributed by atoms with Crippen LogP contribution in [0.1, 0.15) is 26.7 Å². The van der Waals surface area contributed by atoms with Crippen LogP contribution in [0.15, 0.2) is 48.9 Å². The molecule has 0 bridgehead atoms. The number of fused-ring (bicyclic) bond motifs is 1. The summed E-state index contributed by atoms with van der Waals surface area (Å²) in [6, 6.07) is 7.19. The number of likely N-dealkylation sites (N-methyl/N-ethyl adjacent to an activating group) is 1. The van der Waals surface area contributed by atoms with Crippen LogP contribution in [0.5, 0.6) is 5.75 Å². The van der Waals surface area contributed by atoms with Crippen LogP contribution in [0.2, 0.25) is 0 Å². The molecule has 3 atom stereocenters. The minimum Gasteiger partial charge on any atom is -0.490 e. The van der Waals surface area contributed by atoms with Gasteiger partial charge in [-0.3, -0.25) is 9.78 Å². The first-order valence-corrected chi connectivity index (χ1v) is 14.7. The second-order valence-electron chi connectivity index (χ2n) is 11.5. The van der Waals surface area contributed by atoms with E-state index in [1.807, 2.05) is 6.07 Å². The molecule has 13 heteroatoms. The maximum absolute atomic E-state index is 15.3. The number of carbonyl (C=O) groups is 1. The average Bonchev–Trinajstić information content (AvgIpc) is 3.39. The molecule has 3 N–H and O–H groups in total. The molecule has 232 valence electrons. The van der Waals surface area contributed by atoms with E-state index < -0.39 is 11.6 Å². The van der Waals surface area contributed by atoms with Gasteiger partial charge in [-0.05, 0) is 24.1 Å². The van der Waals surface area contributed by atoms with E-state index in [4.69, 9.17) is 15.2 Å². The van der Waals surface area contributed by atoms with E-state index in [1.54, 1.807) is 49.6 Å². The summed E-state index contributed by atoms with van der Waals surface area (Å²) < 4.78 is 43.2. The number of rotatable bonds is 7. The van der Waals surface area contributed by atoms with Crippen LogP contribution in [0.4, 0.5) is 26.1 Å². The van der Waals surface area contributed by atoms with Crippen molar-refractivity contribution in [2.45, 2.75) is 44.9 Å². The van der Waals surface area contributed by atoms with Gasteiger partial charge in [0.05, 0.1) is 59.8 Å². The van der Waals surface area contributed by atoms with Crippen molar-refractivity contribution in [3.05, 3.63) is 60.6 Å². The van der Waals surface area contributed by atoms with Crippen molar-refractivity contribution in [2.75, 3.05) is 43.6 Å². The third-order valence-electron chi connectivity index (χ3n) is 8.42. The van der Waals surface area contributed by atoms with Gasteiger partial charge < -0.3 is 30.3 Å². The van der Waals surface area contributed by atoms with Gasteiger partial charge in [-0.15, -0.1) is 0 Å². The molecule has 5 heterocycles. The molecule has 3 aromatic heterocycles. The summed E-state index contributed by atoms with van der Waals surface area (Å²) in [6.07, 6.45) is 6.19. The lowest BCUT2D eigenvalue weighted by Gasteiger charge is -2.46. The van der Waals surface area contributed by atoms with Crippen molar-refractivity contribution in [1.82, 2.24) is 24.5 Å². The van der Waals surface area contributed by atoms with Crippen molar-refractivity contribution >= 4 is 28.7 Å². The number of amides is 1. The number of hydrogen-bond acceptors (Lipinski definition) is 9. The number of anilines is 3. The van der Waals surface area contributed by atoms with Crippen molar-refractivity contribution < 1.29 is 23.0 Å². The molecule has 4 aromatic rings. The third kappa shape index (κ3) is 5.89. The second-order valence-corrected chi connectivity index (χ2v) is 11.5. The van der Waals surface area contributed by atoms with Gasteiger partial charge in [0.2, 0.25) is 11.9 Å². The Bertz CT molecular complexity index is 1630. The van der Waals surface area contributed by atoms with Crippen LogP contribution < -0.4 is 20.7 Å². The summed E-state index contributed by atoms with van der Waals surface area (Å²) in [4.78, 5) is 24.7. The quantitative estimate of drug-likeness (QED) is 0.321. The monoisotopic (exact) mass is 606 g/mol. The Hall–Kier alpha value is -4.36. The van der Waals surface area contributed by atoms with Crippen molar-refractivity contribution in [3.63, 3.8) is 0 Å². The number of piperidine rings is 1. The van der Waals surface area contributed by atoms with Gasteiger partial charge in [0.15, 0.2) is 0 Å². The third-order valence-corrected chi connectivity index (χ3v) is 8.42. The fraction of sp³-hybridized carbons (Fsp3) is 0.419. The molecule has 0 unspecified atom stereocenters. The van der Waals surface area contributed by atoms with Crippen LogP contribution in [0.25, 0.3) is 16.8 Å². The van der Waals surface area contributed by atoms with E-state index in [0.717, 1.165) is 5.69 Å². The van der Waals surface area contributed by atoms with E-state index in [2.05, 4.69) is 32.2 Å². The molecule has 2 saturated heterocycles. The number of halogens is 2. The van der Waals surface area contributed by atoms with Gasteiger partial charge in [-0.2, -0.15) is 9.61 Å². The molecule has 2 aliphatic heterocycles. The van der Waals surface area contributed by atoms with Crippen LogP contribution in [-0.2, 0) is 9.53 Å². The summed E-state index contributed by atoms with van der Waals surface area (Å²) in [5.41, 5.74) is 8.58. The van der Waals surface area contributed by atoms with Gasteiger partial charge in [-0.25, -0.2) is 13.8 Å². The highest BCUT2D eigenvalue weighted by Crippen LogP contribution is 2.34. The number of carbonyl (C=O) groups excluding carboxylic acids is 1. The molecule has 1 amide bonds. The number of benzene rings is 1. The zero-order valence-corrected chi connectivity index (χ0v) is 24.9. The van der Waals surface area contributed by atoms with Gasteiger partial charge in [0.1, 0.15) is 23.5 Å². The van der Waals surface area contributed by atoms with E-state index >= 15 is 8.78 Å². The molecule has 0 aliphatic carbocycles. The normalized spacial score (nSPS) is 21.0. The number of nitrogens with zero attached hydrogens (tertiary/aromatic N) is 6. The molecule has 11 nitrogen and oxygen atoms in total. The van der Waals surface area contributed by atoms with Crippen molar-refractivity contribution in [3.8, 4) is 17.0 Å². The average molecular weight is 607 g/mol. The van der Waals surface area contributed by atoms with Crippen LogP contribution >= 0.6 is 0 Å². The number of imidazole rings is 1. The summed E-state index contributed by atoms with van der Waals surface area (Å²) >= 11 is 0. The number of nitrogens with one attached hydrogen (secondary N) is 1. The minimum absolute atomic E-state index is 0.0194. The first-order chi connectivity index (χ1) is 21.2. The molecule has 1 aromatic carbocycles. The first-order valence-electron chi connectivity index (χ1n) is 14.7. The lowest BCUT2D eigenvalue weighted by atomic mass is 9.88. The lowest BCUT2D eigenvalue weighted by Crippen LogP contribution is -2.62. The number of nitrogens with two attached hydrogens (primary N) is 1. The summed E-state index contributed by atoms with van der Waals surface area (Å²) in [6.45, 7) is 5.95. The van der Waals surface area contributed by atoms with Crippen molar-refractivity contribution in [1.29, 1.82) is 0 Å². The highest BCUT2D eigenvalue weighted by atomic mass is 19.1. The lowest BCUT2D eigenvalue weighted by molar-refractivity contribution is -0.131. The number of pyridine rings is 1. The Morgan fingerprint density at radius 3 is 2.59 bits per heavy atom. The molecule has 44 heavy (non-hydrogen) atoms. The zero-order valence-electron chi connectivity index (χ0n) is 24.9. The number of hydrogen-bond donors (Lipinski definition) is 2. The predicted octanol–water partition coefficient (Wildman–Crippen LogP) is 4.00. The zero-order chi connectivity index (χ0) is 31.0. The smallest absolute Gasteiger partial charge is 0.229 e. The molecular weight excluding hydrogens is 570 g/mol. The molecule has 6 rings (SSSR count). The second kappa shape index (κ2) is 12.3. The number of aromatic nitrogens is 4. The predicted molar refractivity (Wildman–Crippen MR) is 162 cm³/mol. The number of ether oxygens (including phenoxy) is 2. The standard InChI is InChI=1S/C31H36F2N8O3/c1-18-16-40(17-25(34)30(18)39(3)19(2)42)28-6-9-35-15-27(28)37-31-36-14-20-4-5-26(38-41(20)31)29-23(32)12-22(13-24(29)33)44-21-7-10-43-11-8-21/h4-6,9,12-15,18,21,25,30H,7-8,10-11,16-17,34H2,1-3H3,(H,36,37)/t18-,25+,30-/m0/s1. The van der Waals surface area contributed by atoms with Gasteiger partial charge in [0, 0.05) is 64.3 Å². The van der Waals surface area contributed by atoms with Gasteiger partial charge in [0.25, 0.3) is 0 Å². The Labute approximate surface area is 254 Å². The van der Waals surface area contributed by atoms with Gasteiger partial charge in [-0.1, -0.05) is 6.92 Å². The Balaban J connectivity index is 1.26. The molecular formula is C31H36F2N8O3. The Morgan fingerprint density at radius 1 is 1.14 bits per heavy atom. The van der Waals surface area contributed by atoms with E-state index in [1.165, 1.54) is 16.6 Å². The fourth-order valence-corrected chi connectivity index (χ4v) is 6.22. The first kappa shape index (κ1) is 29.7.